The third-order valence-electron chi connectivity index (χ3n) is 8.14. The number of hydrogen-bond donors (Lipinski definition) is 0. The molecule has 0 saturated heterocycles. The molecule has 0 N–H and O–H groups in total. The van der Waals surface area contributed by atoms with Crippen molar-refractivity contribution in [1.82, 2.24) is 9.97 Å². The minimum Gasteiger partial charge on any atom is -0.305 e. The van der Waals surface area contributed by atoms with Gasteiger partial charge in [-0.15, -0.1) is 59.7 Å². The van der Waals surface area contributed by atoms with Gasteiger partial charge in [-0.3, -0.25) is 0 Å². The van der Waals surface area contributed by atoms with Crippen molar-refractivity contribution in [2.24, 2.45) is 0 Å². The zero-order chi connectivity index (χ0) is 31.9. The van der Waals surface area contributed by atoms with Gasteiger partial charge >= 0.3 is 0 Å². The maximum atomic E-state index is 8.36. The first-order valence-corrected chi connectivity index (χ1v) is 19.4. The molecule has 4 aromatic carbocycles. The molecule has 0 fully saturated rings. The van der Waals surface area contributed by atoms with E-state index in [0.717, 1.165) is 28.1 Å². The molecule has 3 aromatic heterocycles. The molecule has 5 heteroatoms. The molecule has 1 radical (unpaired) electrons. The van der Waals surface area contributed by atoms with Gasteiger partial charge in [0.25, 0.3) is 0 Å². The van der Waals surface area contributed by atoms with E-state index in [2.05, 4.69) is 110 Å². The number of fused-ring (bicyclic) bond motifs is 5. The summed E-state index contributed by atoms with van der Waals surface area (Å²) < 4.78 is 10.9. The molecule has 2 nitrogen and oxygen atoms in total. The Kier molecular flexibility index (Phi) is 9.44. The van der Waals surface area contributed by atoms with Crippen LogP contribution in [-0.2, 0) is 20.1 Å². The molecule has 0 amide bonds. The zero-order valence-corrected chi connectivity index (χ0v) is 31.1. The van der Waals surface area contributed by atoms with Gasteiger partial charge in [-0.25, -0.2) is 0 Å². The Morgan fingerprint density at radius 3 is 2.16 bits per heavy atom. The third kappa shape index (κ3) is 6.73. The van der Waals surface area contributed by atoms with Gasteiger partial charge in [0, 0.05) is 38.6 Å². The molecule has 0 spiro atoms. The van der Waals surface area contributed by atoms with Crippen LogP contribution in [0.5, 0.6) is 0 Å². The molecular weight excluding hydrogens is 761 g/mol. The van der Waals surface area contributed by atoms with Crippen LogP contribution in [0.15, 0.2) is 97.3 Å². The van der Waals surface area contributed by atoms with Crippen molar-refractivity contribution < 1.29 is 21.5 Å². The Morgan fingerprint density at radius 2 is 1.47 bits per heavy atom. The van der Waals surface area contributed by atoms with Crippen molar-refractivity contribution >= 4 is 55.5 Å². The smallest absolute Gasteiger partial charge is 0.0798 e. The van der Waals surface area contributed by atoms with Gasteiger partial charge in [0.15, 0.2) is 0 Å². The van der Waals surface area contributed by atoms with Crippen LogP contribution in [0, 0.1) is 26.0 Å². The third-order valence-corrected chi connectivity index (χ3v) is 11.6. The maximum absolute atomic E-state index is 8.36. The quantitative estimate of drug-likeness (QED) is 0.131. The molecule has 0 atom stereocenters. The Morgan fingerprint density at radius 1 is 0.733 bits per heavy atom. The number of pyridine rings is 2. The second-order valence-electron chi connectivity index (χ2n) is 12.7. The average molecular weight is 800 g/mol. The number of rotatable bonds is 4. The number of aryl methyl sites for hydroxylation is 2. The van der Waals surface area contributed by atoms with Gasteiger partial charge < -0.3 is 9.97 Å². The van der Waals surface area contributed by atoms with E-state index < -0.39 is 14.0 Å². The van der Waals surface area contributed by atoms with Gasteiger partial charge in [-0.2, -0.15) is 11.3 Å². The summed E-state index contributed by atoms with van der Waals surface area (Å²) in [5.74, 6) is -0.654. The summed E-state index contributed by atoms with van der Waals surface area (Å²) >= 11 is 1.82. The van der Waals surface area contributed by atoms with Crippen molar-refractivity contribution in [3.05, 3.63) is 126 Å². The first-order chi connectivity index (χ1) is 21.4. The molecule has 0 saturated carbocycles. The predicted octanol–water partition coefficient (Wildman–Crippen LogP) is 10.9. The SMILES string of the molecule is Cc1cc(-c2[c-]cccc2)ncc1[Si](C)(C)C.[2H]C(C)(C)c1ccnc(-c2[c-]ccc3c2sc2c4ccccc4c(C)cc32)c1.[Ir]. The van der Waals surface area contributed by atoms with Crippen molar-refractivity contribution in [2.45, 2.75) is 53.2 Å². The van der Waals surface area contributed by atoms with Crippen molar-refractivity contribution in [3.8, 4) is 22.5 Å². The van der Waals surface area contributed by atoms with E-state index in [1.165, 1.54) is 47.3 Å². The van der Waals surface area contributed by atoms with Crippen LogP contribution in [0.2, 0.25) is 19.6 Å². The Bertz CT molecular complexity index is 2160. The van der Waals surface area contributed by atoms with Crippen molar-refractivity contribution in [2.75, 3.05) is 0 Å². The largest absolute Gasteiger partial charge is 0.305 e. The van der Waals surface area contributed by atoms with Gasteiger partial charge in [0.05, 0.1) is 8.07 Å². The second-order valence-corrected chi connectivity index (χ2v) is 18.7. The second kappa shape index (κ2) is 13.5. The van der Waals surface area contributed by atoms with Gasteiger partial charge in [-0.1, -0.05) is 92.5 Å². The van der Waals surface area contributed by atoms with E-state index in [9.17, 15) is 0 Å². The molecule has 3 heterocycles. The number of aromatic nitrogens is 2. The standard InChI is InChI=1S/C25H20NS.C15H18NSi.Ir/c1-15(2)17-11-12-26-23(14-17)21-10-6-9-20-22-13-16(3)18-7-4-5-8-19(18)25(22)27-24(20)21;1-12-10-14(13-8-6-5-7-9-13)16-11-15(12)17(2,3)4;/h4-9,11-15H,1-3H3;5-8,10-11H,1-4H3;/q2*-1;/i15D;;. The van der Waals surface area contributed by atoms with Crippen LogP contribution in [0.4, 0.5) is 0 Å². The van der Waals surface area contributed by atoms with E-state index in [1.54, 1.807) is 6.20 Å². The molecule has 45 heavy (non-hydrogen) atoms. The van der Waals surface area contributed by atoms with Gasteiger partial charge in [0.2, 0.25) is 0 Å². The summed E-state index contributed by atoms with van der Waals surface area (Å²) in [5, 5.41) is 6.60. The van der Waals surface area contributed by atoms with E-state index in [4.69, 9.17) is 1.37 Å². The topological polar surface area (TPSA) is 25.8 Å². The summed E-state index contributed by atoms with van der Waals surface area (Å²) in [6.07, 6.45) is 3.86. The Labute approximate surface area is 287 Å². The van der Waals surface area contributed by atoms with E-state index in [1.807, 2.05) is 61.6 Å². The van der Waals surface area contributed by atoms with E-state index >= 15 is 0 Å². The molecule has 229 valence electrons. The van der Waals surface area contributed by atoms with Gasteiger partial charge in [-0.05, 0) is 68.8 Å². The Balaban J connectivity index is 0.000000200. The average Bonchev–Trinajstić information content (AvgIpc) is 3.40. The minimum atomic E-state index is -1.27. The van der Waals surface area contributed by atoms with Crippen LogP contribution in [0.3, 0.4) is 0 Å². The summed E-state index contributed by atoms with van der Waals surface area (Å²) in [4.78, 5) is 9.20. The fourth-order valence-corrected chi connectivity index (χ4v) is 8.89. The van der Waals surface area contributed by atoms with Crippen LogP contribution in [0.1, 0.15) is 37.8 Å². The molecule has 0 aliphatic rings. The number of nitrogens with zero attached hydrogens (tertiary/aromatic N) is 2. The minimum absolute atomic E-state index is 0. The number of hydrogen-bond acceptors (Lipinski definition) is 3. The molecule has 0 aliphatic carbocycles. The number of thiophene rings is 1. The van der Waals surface area contributed by atoms with Crippen molar-refractivity contribution in [3.63, 3.8) is 0 Å². The summed E-state index contributed by atoms with van der Waals surface area (Å²) in [6.45, 7) is 15.2. The zero-order valence-electron chi connectivity index (χ0n) is 27.9. The van der Waals surface area contributed by atoms with E-state index in [0.29, 0.717) is 0 Å². The van der Waals surface area contributed by atoms with Gasteiger partial charge in [0.1, 0.15) is 0 Å². The maximum Gasteiger partial charge on any atom is 0.0798 e. The summed E-state index contributed by atoms with van der Waals surface area (Å²) in [7, 11) is -1.27. The molecule has 7 rings (SSSR count). The summed E-state index contributed by atoms with van der Waals surface area (Å²) in [6, 6.07) is 35.8. The first-order valence-electron chi connectivity index (χ1n) is 15.6. The molecule has 0 aliphatic heterocycles. The summed E-state index contributed by atoms with van der Waals surface area (Å²) in [5.41, 5.74) is 7.61. The van der Waals surface area contributed by atoms with Crippen LogP contribution < -0.4 is 5.19 Å². The number of benzene rings is 4. The van der Waals surface area contributed by atoms with Crippen LogP contribution in [-0.4, -0.2) is 18.0 Å². The molecule has 0 unspecified atom stereocenters. The van der Waals surface area contributed by atoms with Crippen molar-refractivity contribution in [1.29, 1.82) is 0 Å². The monoisotopic (exact) mass is 800 g/mol. The first kappa shape index (κ1) is 31.5. The van der Waals surface area contributed by atoms with E-state index in [-0.39, 0.29) is 20.1 Å². The van der Waals surface area contributed by atoms with Crippen LogP contribution >= 0.6 is 11.3 Å². The molecule has 7 aromatic rings. The predicted molar refractivity (Wildman–Crippen MR) is 194 cm³/mol. The fraction of sp³-hybridized carbons (Fsp3) is 0.200. The van der Waals surface area contributed by atoms with Crippen LogP contribution in [0.25, 0.3) is 53.5 Å². The molecular formula is C40H38IrN2SSi-2. The Hall–Kier alpha value is -3.47. The molecule has 0 bridgehead atoms. The fourth-order valence-electron chi connectivity index (χ4n) is 5.85. The normalized spacial score (nSPS) is 12.0.